The van der Waals surface area contributed by atoms with Crippen molar-refractivity contribution in [2.45, 2.75) is 45.1 Å². The van der Waals surface area contributed by atoms with E-state index in [2.05, 4.69) is 40.5 Å². The SMILES string of the molecule is CC(C)C1CCC(N)C(c2cscc2Br)C1. The summed E-state index contributed by atoms with van der Waals surface area (Å²) in [6.07, 6.45) is 3.74. The average Bonchev–Trinajstić information content (AvgIpc) is 2.65. The highest BCUT2D eigenvalue weighted by Crippen LogP contribution is 2.41. The van der Waals surface area contributed by atoms with Gasteiger partial charge < -0.3 is 5.73 Å². The maximum Gasteiger partial charge on any atom is 0.0317 e. The number of nitrogens with two attached hydrogens (primary N) is 1. The van der Waals surface area contributed by atoms with Crippen LogP contribution >= 0.6 is 27.3 Å². The molecule has 1 saturated carbocycles. The van der Waals surface area contributed by atoms with Gasteiger partial charge in [-0.15, -0.1) is 0 Å². The van der Waals surface area contributed by atoms with Crippen molar-refractivity contribution in [2.75, 3.05) is 0 Å². The molecule has 1 aromatic rings. The highest BCUT2D eigenvalue weighted by atomic mass is 79.9. The molecule has 3 heteroatoms. The van der Waals surface area contributed by atoms with E-state index < -0.39 is 0 Å². The highest BCUT2D eigenvalue weighted by Gasteiger charge is 2.31. The molecule has 0 saturated heterocycles. The molecular weight excluding hydrogens is 282 g/mol. The van der Waals surface area contributed by atoms with Crippen LogP contribution in [0.5, 0.6) is 0 Å². The predicted octanol–water partition coefficient (Wildman–Crippen LogP) is 4.38. The summed E-state index contributed by atoms with van der Waals surface area (Å²) in [5, 5.41) is 4.43. The normalized spacial score (nSPS) is 30.9. The second-order valence-electron chi connectivity index (χ2n) is 5.26. The van der Waals surface area contributed by atoms with Crippen LogP contribution in [0.25, 0.3) is 0 Å². The van der Waals surface area contributed by atoms with Gasteiger partial charge in [-0.25, -0.2) is 0 Å². The van der Waals surface area contributed by atoms with E-state index in [-0.39, 0.29) is 0 Å². The molecule has 2 N–H and O–H groups in total. The van der Waals surface area contributed by atoms with Gasteiger partial charge >= 0.3 is 0 Å². The molecule has 2 rings (SSSR count). The molecule has 0 bridgehead atoms. The molecule has 0 radical (unpaired) electrons. The summed E-state index contributed by atoms with van der Waals surface area (Å²) in [5.74, 6) is 2.19. The monoisotopic (exact) mass is 301 g/mol. The average molecular weight is 302 g/mol. The second-order valence-corrected chi connectivity index (χ2v) is 6.86. The van der Waals surface area contributed by atoms with E-state index in [1.54, 1.807) is 11.3 Å². The van der Waals surface area contributed by atoms with Gasteiger partial charge in [-0.3, -0.25) is 0 Å². The van der Waals surface area contributed by atoms with Crippen molar-refractivity contribution in [3.05, 3.63) is 20.8 Å². The zero-order valence-electron chi connectivity index (χ0n) is 9.95. The predicted molar refractivity (Wildman–Crippen MR) is 74.9 cm³/mol. The van der Waals surface area contributed by atoms with Gasteiger partial charge in [0.2, 0.25) is 0 Å². The van der Waals surface area contributed by atoms with Crippen LogP contribution in [0.4, 0.5) is 0 Å². The van der Waals surface area contributed by atoms with E-state index in [9.17, 15) is 0 Å². The summed E-state index contributed by atoms with van der Waals surface area (Å²) in [4.78, 5) is 0. The zero-order chi connectivity index (χ0) is 11.7. The summed E-state index contributed by atoms with van der Waals surface area (Å²) in [6, 6.07) is 0.348. The van der Waals surface area contributed by atoms with E-state index in [4.69, 9.17) is 5.73 Å². The van der Waals surface area contributed by atoms with E-state index >= 15 is 0 Å². The van der Waals surface area contributed by atoms with E-state index in [0.717, 1.165) is 11.8 Å². The van der Waals surface area contributed by atoms with Crippen molar-refractivity contribution < 1.29 is 0 Å². The van der Waals surface area contributed by atoms with Gasteiger partial charge in [0.1, 0.15) is 0 Å². The fourth-order valence-corrected chi connectivity index (χ4v) is 4.40. The first-order chi connectivity index (χ1) is 7.59. The molecular formula is C13H20BrNS. The molecule has 1 aromatic heterocycles. The minimum atomic E-state index is 0.348. The number of halogens is 1. The summed E-state index contributed by atoms with van der Waals surface area (Å²) in [5.41, 5.74) is 7.72. The van der Waals surface area contributed by atoms with Crippen molar-refractivity contribution in [1.29, 1.82) is 0 Å². The Morgan fingerprint density at radius 1 is 1.38 bits per heavy atom. The largest absolute Gasteiger partial charge is 0.327 e. The van der Waals surface area contributed by atoms with Gasteiger partial charge in [-0.05, 0) is 58.0 Å². The number of thiophene rings is 1. The Labute approximate surface area is 111 Å². The Morgan fingerprint density at radius 2 is 2.12 bits per heavy atom. The molecule has 3 unspecified atom stereocenters. The fraction of sp³-hybridized carbons (Fsp3) is 0.692. The third-order valence-corrected chi connectivity index (χ3v) is 5.68. The molecule has 90 valence electrons. The van der Waals surface area contributed by atoms with Crippen LogP contribution in [0.15, 0.2) is 15.2 Å². The van der Waals surface area contributed by atoms with Gasteiger partial charge in [0.25, 0.3) is 0 Å². The first-order valence-corrected chi connectivity index (χ1v) is 7.80. The molecule has 1 aliphatic carbocycles. The van der Waals surface area contributed by atoms with Crippen LogP contribution in [0.2, 0.25) is 0 Å². The molecule has 0 amide bonds. The molecule has 3 atom stereocenters. The van der Waals surface area contributed by atoms with Gasteiger partial charge in [-0.2, -0.15) is 11.3 Å². The first kappa shape index (κ1) is 12.6. The summed E-state index contributed by atoms with van der Waals surface area (Å²) in [7, 11) is 0. The molecule has 0 aromatic carbocycles. The number of rotatable bonds is 2. The van der Waals surface area contributed by atoms with Crippen LogP contribution in [0.3, 0.4) is 0 Å². The Bertz CT molecular complexity index is 347. The number of hydrogen-bond donors (Lipinski definition) is 1. The quantitative estimate of drug-likeness (QED) is 0.862. The van der Waals surface area contributed by atoms with Crippen molar-refractivity contribution in [3.63, 3.8) is 0 Å². The maximum atomic E-state index is 6.29. The van der Waals surface area contributed by atoms with Crippen LogP contribution in [-0.4, -0.2) is 6.04 Å². The first-order valence-electron chi connectivity index (χ1n) is 6.06. The van der Waals surface area contributed by atoms with Gasteiger partial charge in [0.05, 0.1) is 0 Å². The van der Waals surface area contributed by atoms with Gasteiger partial charge in [0.15, 0.2) is 0 Å². The van der Waals surface area contributed by atoms with Gasteiger partial charge in [0, 0.05) is 21.8 Å². The lowest BCUT2D eigenvalue weighted by Gasteiger charge is -2.36. The summed E-state index contributed by atoms with van der Waals surface area (Å²) < 4.78 is 1.25. The van der Waals surface area contributed by atoms with Crippen LogP contribution in [0.1, 0.15) is 44.6 Å². The minimum absolute atomic E-state index is 0.348. The van der Waals surface area contributed by atoms with Crippen molar-refractivity contribution in [1.82, 2.24) is 0 Å². The summed E-state index contributed by atoms with van der Waals surface area (Å²) in [6.45, 7) is 4.67. The topological polar surface area (TPSA) is 26.0 Å². The standard InChI is InChI=1S/C13H20BrNS/c1-8(2)9-3-4-13(15)10(5-9)11-6-16-7-12(11)14/h6-10,13H,3-5,15H2,1-2H3. The van der Waals surface area contributed by atoms with E-state index in [0.29, 0.717) is 12.0 Å². The Morgan fingerprint density at radius 3 is 2.69 bits per heavy atom. The second kappa shape index (κ2) is 5.19. The van der Waals surface area contributed by atoms with Crippen molar-refractivity contribution >= 4 is 27.3 Å². The Hall–Kier alpha value is 0.140. The van der Waals surface area contributed by atoms with E-state index in [1.807, 2.05) is 0 Å². The lowest BCUT2D eigenvalue weighted by Crippen LogP contribution is -2.35. The van der Waals surface area contributed by atoms with Crippen LogP contribution in [-0.2, 0) is 0 Å². The molecule has 1 nitrogen and oxygen atoms in total. The zero-order valence-corrected chi connectivity index (χ0v) is 12.4. The minimum Gasteiger partial charge on any atom is -0.327 e. The molecule has 0 aliphatic heterocycles. The smallest absolute Gasteiger partial charge is 0.0317 e. The van der Waals surface area contributed by atoms with Gasteiger partial charge in [-0.1, -0.05) is 13.8 Å². The van der Waals surface area contributed by atoms with Crippen molar-refractivity contribution in [2.24, 2.45) is 17.6 Å². The van der Waals surface area contributed by atoms with Crippen LogP contribution < -0.4 is 5.73 Å². The molecule has 16 heavy (non-hydrogen) atoms. The lowest BCUT2D eigenvalue weighted by atomic mass is 9.72. The molecule has 1 aliphatic rings. The molecule has 1 heterocycles. The maximum absolute atomic E-state index is 6.29. The molecule has 0 spiro atoms. The third kappa shape index (κ3) is 2.52. The highest BCUT2D eigenvalue weighted by molar-refractivity contribution is 9.10. The summed E-state index contributed by atoms with van der Waals surface area (Å²) >= 11 is 5.41. The van der Waals surface area contributed by atoms with Crippen LogP contribution in [0, 0.1) is 11.8 Å². The lowest BCUT2D eigenvalue weighted by molar-refractivity contribution is 0.232. The van der Waals surface area contributed by atoms with E-state index in [1.165, 1.54) is 29.3 Å². The van der Waals surface area contributed by atoms with Crippen molar-refractivity contribution in [3.8, 4) is 0 Å². The number of hydrogen-bond acceptors (Lipinski definition) is 2. The Kier molecular flexibility index (Phi) is 4.09. The molecule has 1 fully saturated rings. The third-order valence-electron chi connectivity index (χ3n) is 3.93. The fourth-order valence-electron chi connectivity index (χ4n) is 2.75. The Balaban J connectivity index is 2.16.